The molecule has 1 aromatic carbocycles. The maximum atomic E-state index is 14.4. The summed E-state index contributed by atoms with van der Waals surface area (Å²) in [5.74, 6) is 2.82. The molecule has 0 spiro atoms. The lowest BCUT2D eigenvalue weighted by Crippen LogP contribution is -2.32. The van der Waals surface area contributed by atoms with Gasteiger partial charge >= 0.3 is 0 Å². The summed E-state index contributed by atoms with van der Waals surface area (Å²) in [4.78, 5) is 31.2. The maximum absolute atomic E-state index is 14.4. The van der Waals surface area contributed by atoms with Crippen molar-refractivity contribution in [2.45, 2.75) is 89.1 Å². The molecule has 0 unspecified atom stereocenters. The zero-order chi connectivity index (χ0) is 27.7. The molecule has 6 rings (SSSR count). The van der Waals surface area contributed by atoms with Crippen molar-refractivity contribution < 1.29 is 14.0 Å². The molecule has 212 valence electrons. The van der Waals surface area contributed by atoms with E-state index >= 15 is 0 Å². The minimum absolute atomic E-state index is 0.119. The lowest BCUT2D eigenvalue weighted by molar-refractivity contribution is -0.108. The summed E-state index contributed by atoms with van der Waals surface area (Å²) >= 11 is 0. The second kappa shape index (κ2) is 11.1. The minimum atomic E-state index is -0.362. The number of fused-ring (bicyclic) bond motifs is 1. The molecule has 0 aliphatic heterocycles. The van der Waals surface area contributed by atoms with Crippen LogP contribution in [0.25, 0.3) is 11.2 Å². The Morgan fingerprint density at radius 1 is 1.18 bits per heavy atom. The predicted molar refractivity (Wildman–Crippen MR) is 151 cm³/mol. The first-order chi connectivity index (χ1) is 19.5. The molecular weight excluding hydrogens is 509 g/mol. The van der Waals surface area contributed by atoms with Crippen LogP contribution in [-0.2, 0) is 21.6 Å². The Kier molecular flexibility index (Phi) is 7.42. The van der Waals surface area contributed by atoms with Crippen LogP contribution in [0, 0.1) is 17.7 Å². The van der Waals surface area contributed by atoms with Gasteiger partial charge in [0.25, 0.3) is 0 Å². The summed E-state index contributed by atoms with van der Waals surface area (Å²) in [6, 6.07) is 7.13. The molecule has 1 amide bonds. The van der Waals surface area contributed by atoms with Gasteiger partial charge in [0.1, 0.15) is 24.3 Å². The van der Waals surface area contributed by atoms with Crippen molar-refractivity contribution in [3.05, 3.63) is 47.3 Å². The Balaban J connectivity index is 1.54. The Hall–Kier alpha value is -3.56. The highest BCUT2D eigenvalue weighted by Gasteiger charge is 2.50. The van der Waals surface area contributed by atoms with E-state index in [1.54, 1.807) is 12.1 Å². The number of hydrogen-bond donors (Lipinski definition) is 2. The molecule has 2 heterocycles. The van der Waals surface area contributed by atoms with Crippen LogP contribution in [0.5, 0.6) is 0 Å². The van der Waals surface area contributed by atoms with Gasteiger partial charge in [-0.1, -0.05) is 43.0 Å². The maximum Gasteiger partial charge on any atom is 0.217 e. The van der Waals surface area contributed by atoms with Gasteiger partial charge in [0.05, 0.1) is 5.41 Å². The summed E-state index contributed by atoms with van der Waals surface area (Å²) < 4.78 is 16.7. The molecule has 3 saturated carbocycles. The number of carbonyl (C=O) groups is 1. The number of amidine groups is 1. The molecular formula is C30H38FN7O2. The second-order valence-electron chi connectivity index (χ2n) is 11.7. The first kappa shape index (κ1) is 26.7. The average Bonchev–Trinajstić information content (AvgIpc) is 3.64. The van der Waals surface area contributed by atoms with E-state index in [1.807, 2.05) is 6.07 Å². The molecule has 9 nitrogen and oxygen atoms in total. The third-order valence-corrected chi connectivity index (χ3v) is 9.14. The molecule has 40 heavy (non-hydrogen) atoms. The van der Waals surface area contributed by atoms with Crippen LogP contribution >= 0.6 is 0 Å². The fourth-order valence-corrected chi connectivity index (χ4v) is 6.52. The average molecular weight is 548 g/mol. The van der Waals surface area contributed by atoms with Crippen LogP contribution in [0.1, 0.15) is 88.3 Å². The number of imidazole rings is 1. The first-order valence-corrected chi connectivity index (χ1v) is 14.7. The van der Waals surface area contributed by atoms with Gasteiger partial charge in [0, 0.05) is 12.6 Å². The number of benzene rings is 1. The van der Waals surface area contributed by atoms with Gasteiger partial charge < -0.3 is 20.0 Å². The molecule has 3 aliphatic carbocycles. The van der Waals surface area contributed by atoms with E-state index in [4.69, 9.17) is 19.8 Å². The smallest absolute Gasteiger partial charge is 0.217 e. The number of amides is 1. The Morgan fingerprint density at radius 2 is 1.98 bits per heavy atom. The molecule has 3 fully saturated rings. The van der Waals surface area contributed by atoms with Crippen molar-refractivity contribution in [2.75, 3.05) is 12.4 Å². The predicted octanol–water partition coefficient (Wildman–Crippen LogP) is 5.28. The number of hydrogen-bond acceptors (Lipinski definition) is 7. The Morgan fingerprint density at radius 3 is 2.62 bits per heavy atom. The summed E-state index contributed by atoms with van der Waals surface area (Å²) in [5.41, 5.74) is 1.99. The fraction of sp³-hybridized carbons (Fsp3) is 0.567. The van der Waals surface area contributed by atoms with E-state index in [0.717, 1.165) is 36.3 Å². The summed E-state index contributed by atoms with van der Waals surface area (Å²) in [7, 11) is 1.41. The molecule has 0 radical (unpaired) electrons. The fourth-order valence-electron chi connectivity index (χ4n) is 6.52. The standard InChI is InChI=1S/C30H38FN7O2/c1-19(21-10-6-11-21)33-25-24-26(35-28(34-25)27(32-18-39)37-40-2)36-29(38(24)17-20-8-4-3-5-9-20)30(14-15-30)22-12-7-13-23(31)16-22/h7,12-13,16,18-21H,3-6,8-11,14-15,17H2,1-2H3,(H,32,37,39)(H,33,34,35)/t19-/m1/s1. The molecule has 0 saturated heterocycles. The third-order valence-electron chi connectivity index (χ3n) is 9.14. The van der Waals surface area contributed by atoms with Crippen molar-refractivity contribution in [3.63, 3.8) is 0 Å². The largest absolute Gasteiger partial charge is 0.397 e. The Labute approximate surface area is 234 Å². The van der Waals surface area contributed by atoms with E-state index in [1.165, 1.54) is 64.5 Å². The highest BCUT2D eigenvalue weighted by molar-refractivity contribution is 6.02. The van der Waals surface area contributed by atoms with Gasteiger partial charge in [-0.05, 0) is 75.0 Å². The van der Waals surface area contributed by atoms with Crippen molar-refractivity contribution >= 4 is 29.2 Å². The molecule has 2 aromatic heterocycles. The monoisotopic (exact) mass is 547 g/mol. The summed E-state index contributed by atoms with van der Waals surface area (Å²) in [6.07, 6.45) is 12.1. The van der Waals surface area contributed by atoms with E-state index in [2.05, 4.69) is 27.3 Å². The van der Waals surface area contributed by atoms with Crippen molar-refractivity contribution in [1.29, 1.82) is 0 Å². The Bertz CT molecular complexity index is 1410. The number of aromatic nitrogens is 4. The number of nitrogens with one attached hydrogen (secondary N) is 2. The van der Waals surface area contributed by atoms with E-state index in [9.17, 15) is 9.18 Å². The molecule has 3 aromatic rings. The molecule has 0 bridgehead atoms. The molecule has 10 heteroatoms. The molecule has 1 atom stereocenters. The number of nitrogens with zero attached hydrogens (tertiary/aromatic N) is 5. The van der Waals surface area contributed by atoms with Crippen LogP contribution in [0.15, 0.2) is 29.4 Å². The lowest BCUT2D eigenvalue weighted by atomic mass is 9.80. The number of anilines is 1. The van der Waals surface area contributed by atoms with E-state index in [-0.39, 0.29) is 28.9 Å². The van der Waals surface area contributed by atoms with Crippen LogP contribution < -0.4 is 10.6 Å². The molecule has 2 N–H and O–H groups in total. The normalized spacial score (nSPS) is 20.1. The highest BCUT2D eigenvalue weighted by atomic mass is 19.1. The van der Waals surface area contributed by atoms with Crippen LogP contribution in [0.4, 0.5) is 10.2 Å². The highest BCUT2D eigenvalue weighted by Crippen LogP contribution is 2.54. The number of carbonyl (C=O) groups excluding carboxylic acids is 1. The van der Waals surface area contributed by atoms with Crippen molar-refractivity contribution in [3.8, 4) is 0 Å². The summed E-state index contributed by atoms with van der Waals surface area (Å²) in [5, 5.41) is 10.2. The number of oxime groups is 1. The SMILES string of the molecule is CO/N=C(\NC=O)c1nc(N[C@H](C)C2CCC2)c2c(n1)nc(C1(c3cccc(F)c3)CC1)n2CC1CCCCC1. The van der Waals surface area contributed by atoms with Crippen LogP contribution in [0.3, 0.4) is 0 Å². The van der Waals surface area contributed by atoms with Gasteiger partial charge in [0.2, 0.25) is 18.1 Å². The second-order valence-corrected chi connectivity index (χ2v) is 11.7. The van der Waals surface area contributed by atoms with Crippen LogP contribution in [-0.4, -0.2) is 44.9 Å². The van der Waals surface area contributed by atoms with Gasteiger partial charge in [-0.3, -0.25) is 4.79 Å². The van der Waals surface area contributed by atoms with E-state index in [0.29, 0.717) is 29.7 Å². The van der Waals surface area contributed by atoms with Gasteiger partial charge in [-0.2, -0.15) is 0 Å². The first-order valence-electron chi connectivity index (χ1n) is 14.7. The third kappa shape index (κ3) is 5.04. The minimum Gasteiger partial charge on any atom is -0.397 e. The van der Waals surface area contributed by atoms with Gasteiger partial charge in [0.15, 0.2) is 11.5 Å². The van der Waals surface area contributed by atoms with E-state index < -0.39 is 0 Å². The number of halogens is 1. The van der Waals surface area contributed by atoms with Crippen molar-refractivity contribution in [1.82, 2.24) is 24.8 Å². The number of rotatable bonds is 10. The van der Waals surface area contributed by atoms with Crippen LogP contribution in [0.2, 0.25) is 0 Å². The van der Waals surface area contributed by atoms with Crippen molar-refractivity contribution in [2.24, 2.45) is 17.0 Å². The zero-order valence-corrected chi connectivity index (χ0v) is 23.3. The summed E-state index contributed by atoms with van der Waals surface area (Å²) in [6.45, 7) is 3.02. The topological polar surface area (TPSA) is 106 Å². The van der Waals surface area contributed by atoms with Gasteiger partial charge in [-0.15, -0.1) is 0 Å². The quantitative estimate of drug-likeness (QED) is 0.155. The zero-order valence-electron chi connectivity index (χ0n) is 23.3. The lowest BCUT2D eigenvalue weighted by Gasteiger charge is -2.32. The van der Waals surface area contributed by atoms with Gasteiger partial charge in [-0.25, -0.2) is 19.3 Å². The molecule has 3 aliphatic rings.